The van der Waals surface area contributed by atoms with E-state index >= 15 is 4.39 Å². The van der Waals surface area contributed by atoms with Crippen LogP contribution in [-0.4, -0.2) is 62.7 Å². The first-order valence-electron chi connectivity index (χ1n) is 12.2. The van der Waals surface area contributed by atoms with E-state index in [0.717, 1.165) is 21.0 Å². The molecular formula is C24H26FN7O8P+. The lowest BCUT2D eigenvalue weighted by atomic mass is 10.1. The van der Waals surface area contributed by atoms with E-state index in [1.54, 1.807) is 31.2 Å². The molecule has 15 nitrogen and oxygen atoms in total. The average molecular weight is 590 g/mol. The van der Waals surface area contributed by atoms with Crippen LogP contribution in [-0.2, 0) is 23.4 Å². The molecule has 2 aromatic carbocycles. The topological polar surface area (TPSA) is 204 Å². The third kappa shape index (κ3) is 6.12. The minimum Gasteiger partial charge on any atom is -0.465 e. The molecule has 1 fully saturated rings. The first-order valence-corrected chi connectivity index (χ1v) is 13.4. The van der Waals surface area contributed by atoms with Gasteiger partial charge in [-0.3, -0.25) is 9.36 Å². The van der Waals surface area contributed by atoms with E-state index in [1.165, 1.54) is 13.0 Å². The van der Waals surface area contributed by atoms with Gasteiger partial charge in [0.15, 0.2) is 24.2 Å². The molecule has 1 aromatic heterocycles. The molecule has 0 aliphatic carbocycles. The number of nitrogens with two attached hydrogens (primary N) is 1. The van der Waals surface area contributed by atoms with Crippen molar-refractivity contribution in [2.45, 2.75) is 44.1 Å². The number of anilines is 1. The Morgan fingerprint density at radius 2 is 2.10 bits per heavy atom. The summed E-state index contributed by atoms with van der Waals surface area (Å²) in [5.74, 6) is -0.697. The number of esters is 1. The van der Waals surface area contributed by atoms with Crippen LogP contribution >= 0.6 is 8.18 Å². The summed E-state index contributed by atoms with van der Waals surface area (Å²) in [7, 11) is -3.13. The van der Waals surface area contributed by atoms with Crippen molar-refractivity contribution in [1.29, 1.82) is 0 Å². The van der Waals surface area contributed by atoms with Crippen LogP contribution in [0.1, 0.15) is 20.1 Å². The summed E-state index contributed by atoms with van der Waals surface area (Å²) in [6.07, 6.45) is -5.05. The predicted molar refractivity (Wildman–Crippen MR) is 142 cm³/mol. The number of aliphatic hydroxyl groups excluding tert-OH is 1. The molecule has 1 aliphatic heterocycles. The van der Waals surface area contributed by atoms with E-state index in [9.17, 15) is 19.3 Å². The van der Waals surface area contributed by atoms with Crippen LogP contribution in [0.5, 0.6) is 5.75 Å². The normalized spacial score (nSPS) is 23.1. The van der Waals surface area contributed by atoms with Gasteiger partial charge >= 0.3 is 19.8 Å². The van der Waals surface area contributed by atoms with Crippen LogP contribution in [0, 0.1) is 0 Å². The zero-order chi connectivity index (χ0) is 29.7. The maximum Gasteiger partial charge on any atom is 0.653 e. The molecule has 3 aromatic rings. The molecule has 2 unspecified atom stereocenters. The lowest BCUT2D eigenvalue weighted by Crippen LogP contribution is -2.43. The van der Waals surface area contributed by atoms with Crippen molar-refractivity contribution in [2.24, 2.45) is 5.11 Å². The molecule has 6 atom stereocenters. The molecule has 4 rings (SSSR count). The lowest BCUT2D eigenvalue weighted by molar-refractivity contribution is -0.155. The van der Waals surface area contributed by atoms with Gasteiger partial charge in [-0.15, -0.1) is 4.52 Å². The number of carbonyl (C=O) groups is 1. The second-order valence-electron chi connectivity index (χ2n) is 8.79. The minimum absolute atomic E-state index is 0.0267. The second-order valence-corrected chi connectivity index (χ2v) is 9.92. The van der Waals surface area contributed by atoms with Crippen molar-refractivity contribution >= 4 is 30.7 Å². The number of halogens is 1. The molecule has 17 heteroatoms. The molecule has 3 N–H and O–H groups in total. The SMILES string of the molecule is CCOC(=O)C(C)N(Oc1cccc2ccccc12)[P+](=O)OC[C@@]1(N=[N+]=[N-])O[C@@H](n2ccc(N)nc2=O)[C@H](O)[C@@H]1F. The van der Waals surface area contributed by atoms with Crippen molar-refractivity contribution in [3.05, 3.63) is 75.7 Å². The van der Waals surface area contributed by atoms with Gasteiger partial charge in [0.2, 0.25) is 5.72 Å². The smallest absolute Gasteiger partial charge is 0.465 e. The molecule has 0 amide bonds. The van der Waals surface area contributed by atoms with Crippen molar-refractivity contribution < 1.29 is 37.7 Å². The molecule has 216 valence electrons. The fourth-order valence-corrected chi connectivity index (χ4v) is 5.02. The van der Waals surface area contributed by atoms with E-state index in [0.29, 0.717) is 5.39 Å². The van der Waals surface area contributed by atoms with Gasteiger partial charge in [-0.2, -0.15) is 4.98 Å². The van der Waals surface area contributed by atoms with Crippen molar-refractivity contribution in [3.63, 3.8) is 0 Å². The highest BCUT2D eigenvalue weighted by molar-refractivity contribution is 7.36. The van der Waals surface area contributed by atoms with Gasteiger partial charge in [0.05, 0.1) is 6.61 Å². The van der Waals surface area contributed by atoms with Crippen LogP contribution in [0.3, 0.4) is 0 Å². The number of carbonyl (C=O) groups excluding carboxylic acids is 1. The molecule has 0 radical (unpaired) electrons. The molecule has 1 aliphatic rings. The molecule has 1 saturated heterocycles. The van der Waals surface area contributed by atoms with Crippen molar-refractivity contribution in [3.8, 4) is 5.75 Å². The fraction of sp³-hybridized carbons (Fsp3) is 0.375. The van der Waals surface area contributed by atoms with Crippen molar-refractivity contribution in [1.82, 2.24) is 14.4 Å². The lowest BCUT2D eigenvalue weighted by Gasteiger charge is -2.23. The van der Waals surface area contributed by atoms with Gasteiger partial charge in [0.1, 0.15) is 23.4 Å². The standard InChI is InChI=1S/C24H25FN7O8P/c1-3-37-22(34)14(2)32(40-17-10-6-8-15-7-4-5-9-16(15)17)41(36)38-13-24(29-30-27)20(25)19(33)21(39-24)31-12-11-18(26)28-23(31)35/h4-12,14,19-21,33H,3,13H2,1-2H3,(H-,26,28,35)/p+1/t14?,19-,20+,21-,24-/m1/s1. The number of hydroxylamine groups is 1. The Bertz CT molecular complexity index is 1550. The third-order valence-corrected chi connectivity index (χ3v) is 7.23. The van der Waals surface area contributed by atoms with Crippen LogP contribution in [0.25, 0.3) is 21.2 Å². The number of ether oxygens (including phenoxy) is 2. The number of nitrogens with zero attached hydrogens (tertiary/aromatic N) is 6. The van der Waals surface area contributed by atoms with E-state index in [2.05, 4.69) is 15.0 Å². The highest BCUT2D eigenvalue weighted by atomic mass is 31.1. The number of aromatic nitrogens is 2. The third-order valence-electron chi connectivity index (χ3n) is 6.13. The summed E-state index contributed by atoms with van der Waals surface area (Å²) >= 11 is 0. The van der Waals surface area contributed by atoms with Gasteiger partial charge in [-0.25, -0.2) is 9.18 Å². The van der Waals surface area contributed by atoms with E-state index in [1.807, 2.05) is 18.2 Å². The Labute approximate surface area is 232 Å². The molecule has 41 heavy (non-hydrogen) atoms. The predicted octanol–water partition coefficient (Wildman–Crippen LogP) is 3.13. The molecule has 0 bridgehead atoms. The van der Waals surface area contributed by atoms with Crippen LogP contribution in [0.15, 0.2) is 64.6 Å². The van der Waals surface area contributed by atoms with Gasteiger partial charge in [-0.05, 0) is 41.5 Å². The van der Waals surface area contributed by atoms with Gasteiger partial charge in [0.25, 0.3) is 0 Å². The first kappa shape index (κ1) is 29.8. The second kappa shape index (κ2) is 12.6. The van der Waals surface area contributed by atoms with Crippen LogP contribution in [0.2, 0.25) is 0 Å². The Balaban J connectivity index is 1.62. The Morgan fingerprint density at radius 1 is 1.37 bits per heavy atom. The number of fused-ring (bicyclic) bond motifs is 1. The number of benzene rings is 2. The number of alkyl halides is 1. The molecule has 0 saturated carbocycles. The van der Waals surface area contributed by atoms with E-state index in [-0.39, 0.29) is 18.2 Å². The van der Waals surface area contributed by atoms with Crippen molar-refractivity contribution in [2.75, 3.05) is 18.9 Å². The summed E-state index contributed by atoms with van der Waals surface area (Å²) in [4.78, 5) is 37.5. The van der Waals surface area contributed by atoms with Crippen LogP contribution < -0.4 is 16.3 Å². The highest BCUT2D eigenvalue weighted by Crippen LogP contribution is 2.43. The zero-order valence-electron chi connectivity index (χ0n) is 21.8. The van der Waals surface area contributed by atoms with Gasteiger partial charge in [0, 0.05) is 16.5 Å². The number of azide groups is 1. The fourth-order valence-electron chi connectivity index (χ4n) is 4.08. The van der Waals surface area contributed by atoms with Crippen LogP contribution in [0.4, 0.5) is 10.2 Å². The van der Waals surface area contributed by atoms with E-state index < -0.39 is 56.7 Å². The Kier molecular flexibility index (Phi) is 9.13. The first-order chi connectivity index (χ1) is 19.6. The molecule has 2 heterocycles. The van der Waals surface area contributed by atoms with E-state index in [4.69, 9.17) is 30.1 Å². The summed E-state index contributed by atoms with van der Waals surface area (Å²) in [5, 5.41) is 15.3. The number of nitrogen functional groups attached to an aromatic ring is 1. The number of hydrogen-bond donors (Lipinski definition) is 2. The minimum atomic E-state index is -3.13. The Hall–Kier alpha value is -4.17. The van der Waals surface area contributed by atoms with Gasteiger partial charge in [-0.1, -0.05) is 41.5 Å². The summed E-state index contributed by atoms with van der Waals surface area (Å²) in [6, 6.07) is 12.2. The summed E-state index contributed by atoms with van der Waals surface area (Å²) in [5.41, 5.74) is 11.1. The zero-order valence-corrected chi connectivity index (χ0v) is 22.7. The number of rotatable bonds is 11. The molecular weight excluding hydrogens is 564 g/mol. The maximum absolute atomic E-state index is 15.4. The largest absolute Gasteiger partial charge is 0.653 e. The maximum atomic E-state index is 15.4. The Morgan fingerprint density at radius 3 is 2.80 bits per heavy atom. The summed E-state index contributed by atoms with van der Waals surface area (Å²) < 4.78 is 45.5. The number of aliphatic hydroxyl groups is 1. The quantitative estimate of drug-likeness (QED) is 0.0829. The monoisotopic (exact) mass is 590 g/mol. The molecule has 0 spiro atoms. The summed E-state index contributed by atoms with van der Waals surface area (Å²) in [6.45, 7) is 1.96. The highest BCUT2D eigenvalue weighted by Gasteiger charge is 2.59. The average Bonchev–Trinajstić information content (AvgIpc) is 3.20. The number of hydrogen-bond acceptors (Lipinski definition) is 11. The van der Waals surface area contributed by atoms with Gasteiger partial charge < -0.3 is 25.2 Å².